The quantitative estimate of drug-likeness (QED) is 0.587. The molecule has 0 bridgehead atoms. The fourth-order valence-electron chi connectivity index (χ4n) is 2.51. The second-order valence-electron chi connectivity index (χ2n) is 5.40. The molecule has 0 N–H and O–H groups in total. The monoisotopic (exact) mass is 420 g/mol. The lowest BCUT2D eigenvalue weighted by molar-refractivity contribution is 0.0997. The van der Waals surface area contributed by atoms with Gasteiger partial charge in [-0.05, 0) is 24.3 Å². The third-order valence-corrected chi connectivity index (χ3v) is 5.62. The predicted molar refractivity (Wildman–Crippen MR) is 108 cm³/mol. The van der Waals surface area contributed by atoms with E-state index >= 15 is 0 Å². The molecule has 0 saturated carbocycles. The Morgan fingerprint density at radius 2 is 1.89 bits per heavy atom. The number of aromatic nitrogens is 1. The zero-order chi connectivity index (χ0) is 19.6. The van der Waals surface area contributed by atoms with Crippen LogP contribution in [0.3, 0.4) is 0 Å². The molecule has 0 radical (unpaired) electrons. The second-order valence-corrected chi connectivity index (χ2v) is 7.20. The molecule has 1 heterocycles. The molecule has 1 aromatic heterocycles. The van der Waals surface area contributed by atoms with Gasteiger partial charge in [0, 0.05) is 11.6 Å². The number of methoxy groups -OCH3 is 2. The summed E-state index contributed by atoms with van der Waals surface area (Å²) in [4.78, 5) is 17.4. The number of carbonyl (C=O) groups is 1. The Morgan fingerprint density at radius 3 is 2.48 bits per heavy atom. The van der Waals surface area contributed by atoms with Gasteiger partial charge in [0.05, 0.1) is 41.0 Å². The van der Waals surface area contributed by atoms with Gasteiger partial charge in [0.2, 0.25) is 0 Å². The molecule has 3 aromatic rings. The van der Waals surface area contributed by atoms with E-state index in [1.54, 1.807) is 28.8 Å². The van der Waals surface area contributed by atoms with E-state index in [1.807, 2.05) is 6.07 Å². The zero-order valence-corrected chi connectivity index (χ0v) is 16.8. The largest absolute Gasteiger partial charge is 0.497 e. The number of rotatable bonds is 4. The second kappa shape index (κ2) is 8.05. The Kier molecular flexibility index (Phi) is 5.76. The Morgan fingerprint density at radius 1 is 1.22 bits per heavy atom. The third kappa shape index (κ3) is 3.81. The zero-order valence-electron chi connectivity index (χ0n) is 14.5. The van der Waals surface area contributed by atoms with Gasteiger partial charge in [-0.3, -0.25) is 4.79 Å². The fourth-order valence-corrected chi connectivity index (χ4v) is 4.02. The van der Waals surface area contributed by atoms with Crippen LogP contribution < -0.4 is 14.3 Å². The maximum absolute atomic E-state index is 12.7. The van der Waals surface area contributed by atoms with Crippen molar-refractivity contribution in [1.29, 1.82) is 0 Å². The van der Waals surface area contributed by atoms with Crippen LogP contribution in [0.1, 0.15) is 10.4 Å². The van der Waals surface area contributed by atoms with E-state index in [0.717, 1.165) is 4.70 Å². The van der Waals surface area contributed by atoms with Crippen LogP contribution in [-0.2, 0) is 6.54 Å². The van der Waals surface area contributed by atoms with E-state index < -0.39 is 5.91 Å². The van der Waals surface area contributed by atoms with Gasteiger partial charge in [-0.1, -0.05) is 40.5 Å². The average molecular weight is 421 g/mol. The van der Waals surface area contributed by atoms with E-state index in [4.69, 9.17) is 39.1 Å². The first-order valence-corrected chi connectivity index (χ1v) is 9.28. The molecule has 8 heteroatoms. The number of nitrogens with zero attached hydrogens (tertiary/aromatic N) is 2. The molecule has 0 aliphatic carbocycles. The first kappa shape index (κ1) is 19.3. The van der Waals surface area contributed by atoms with Crippen LogP contribution in [0, 0.1) is 12.3 Å². The lowest BCUT2D eigenvalue weighted by Crippen LogP contribution is -2.16. The summed E-state index contributed by atoms with van der Waals surface area (Å²) < 4.78 is 12.9. The number of hydrogen-bond donors (Lipinski definition) is 0. The number of thiazole rings is 1. The summed E-state index contributed by atoms with van der Waals surface area (Å²) >= 11 is 13.8. The SMILES string of the molecule is C#CCn1c(=NC(=O)c2cc(OC)cc(OC)c2)sc2ccc(Cl)c(Cl)c21. The van der Waals surface area contributed by atoms with E-state index in [2.05, 4.69) is 10.9 Å². The Bertz CT molecular complexity index is 1120. The van der Waals surface area contributed by atoms with Crippen LogP contribution in [0.2, 0.25) is 10.0 Å². The van der Waals surface area contributed by atoms with Gasteiger partial charge in [0.25, 0.3) is 5.91 Å². The van der Waals surface area contributed by atoms with Crippen molar-refractivity contribution in [3.05, 3.63) is 50.7 Å². The van der Waals surface area contributed by atoms with Crippen molar-refractivity contribution >= 4 is 50.7 Å². The molecule has 0 saturated heterocycles. The molecule has 0 aliphatic heterocycles. The van der Waals surface area contributed by atoms with Crippen molar-refractivity contribution in [3.8, 4) is 23.8 Å². The first-order chi connectivity index (χ1) is 13.0. The van der Waals surface area contributed by atoms with E-state index in [1.165, 1.54) is 25.6 Å². The summed E-state index contributed by atoms with van der Waals surface area (Å²) in [7, 11) is 3.03. The van der Waals surface area contributed by atoms with Gasteiger partial charge in [0.15, 0.2) is 4.80 Å². The molecule has 0 fully saturated rings. The summed E-state index contributed by atoms with van der Waals surface area (Å²) in [6, 6.07) is 8.38. The standard InChI is InChI=1S/C19H14Cl2N2O3S/c1-4-7-23-17-15(6-5-14(20)16(17)21)27-19(23)22-18(24)11-8-12(25-2)10-13(9-11)26-3/h1,5-6,8-10H,7H2,2-3H3. The first-order valence-electron chi connectivity index (χ1n) is 7.71. The molecule has 5 nitrogen and oxygen atoms in total. The minimum Gasteiger partial charge on any atom is -0.497 e. The summed E-state index contributed by atoms with van der Waals surface area (Å²) in [6.45, 7) is 0.202. The van der Waals surface area contributed by atoms with Crippen molar-refractivity contribution in [2.45, 2.75) is 6.54 Å². The fraction of sp³-hybridized carbons (Fsp3) is 0.158. The van der Waals surface area contributed by atoms with E-state index in [9.17, 15) is 4.79 Å². The van der Waals surface area contributed by atoms with Gasteiger partial charge < -0.3 is 14.0 Å². The van der Waals surface area contributed by atoms with Gasteiger partial charge in [0.1, 0.15) is 11.5 Å². The van der Waals surface area contributed by atoms with Crippen LogP contribution in [0.5, 0.6) is 11.5 Å². The Balaban J connectivity index is 2.19. The van der Waals surface area contributed by atoms with Crippen LogP contribution in [-0.4, -0.2) is 24.7 Å². The van der Waals surface area contributed by atoms with Crippen molar-refractivity contribution in [2.24, 2.45) is 4.99 Å². The number of halogens is 2. The summed E-state index contributed by atoms with van der Waals surface area (Å²) in [6.07, 6.45) is 5.48. The van der Waals surface area contributed by atoms with Crippen molar-refractivity contribution in [3.63, 3.8) is 0 Å². The Hall–Kier alpha value is -2.46. The summed E-state index contributed by atoms with van der Waals surface area (Å²) in [5, 5.41) is 0.778. The molecule has 1 amide bonds. The Labute approximate surface area is 169 Å². The van der Waals surface area contributed by atoms with E-state index in [-0.39, 0.29) is 6.54 Å². The van der Waals surface area contributed by atoms with Gasteiger partial charge in [-0.2, -0.15) is 4.99 Å². The molecular formula is C19H14Cl2N2O3S. The summed E-state index contributed by atoms with van der Waals surface area (Å²) in [5.41, 5.74) is 0.988. The molecule has 0 unspecified atom stereocenters. The molecular weight excluding hydrogens is 407 g/mol. The van der Waals surface area contributed by atoms with Gasteiger partial charge in [-0.25, -0.2) is 0 Å². The molecule has 2 aromatic carbocycles. The maximum atomic E-state index is 12.7. The van der Waals surface area contributed by atoms with E-state index in [0.29, 0.717) is 37.4 Å². The molecule has 3 rings (SSSR count). The highest BCUT2D eigenvalue weighted by Gasteiger charge is 2.14. The van der Waals surface area contributed by atoms with Crippen LogP contribution >= 0.6 is 34.5 Å². The van der Waals surface area contributed by atoms with Crippen LogP contribution in [0.15, 0.2) is 35.3 Å². The number of hydrogen-bond acceptors (Lipinski definition) is 4. The number of terminal acetylenes is 1. The van der Waals surface area contributed by atoms with Crippen LogP contribution in [0.25, 0.3) is 10.2 Å². The van der Waals surface area contributed by atoms with Gasteiger partial charge >= 0.3 is 0 Å². The number of carbonyl (C=O) groups excluding carboxylic acids is 1. The predicted octanol–water partition coefficient (Wildman–Crippen LogP) is 4.40. The van der Waals surface area contributed by atoms with Crippen molar-refractivity contribution < 1.29 is 14.3 Å². The lowest BCUT2D eigenvalue weighted by atomic mass is 10.2. The number of benzene rings is 2. The normalized spacial score (nSPS) is 11.4. The number of fused-ring (bicyclic) bond motifs is 1. The molecule has 138 valence electrons. The van der Waals surface area contributed by atoms with Crippen molar-refractivity contribution in [1.82, 2.24) is 4.57 Å². The minimum absolute atomic E-state index is 0.202. The topological polar surface area (TPSA) is 52.8 Å². The number of amides is 1. The maximum Gasteiger partial charge on any atom is 0.279 e. The van der Waals surface area contributed by atoms with Crippen LogP contribution in [0.4, 0.5) is 0 Å². The molecule has 0 atom stereocenters. The van der Waals surface area contributed by atoms with Gasteiger partial charge in [-0.15, -0.1) is 6.42 Å². The highest BCUT2D eigenvalue weighted by molar-refractivity contribution is 7.16. The molecule has 0 spiro atoms. The summed E-state index contributed by atoms with van der Waals surface area (Å²) in [5.74, 6) is 3.10. The number of ether oxygens (including phenoxy) is 2. The van der Waals surface area contributed by atoms with Crippen molar-refractivity contribution in [2.75, 3.05) is 14.2 Å². The molecule has 0 aliphatic rings. The highest BCUT2D eigenvalue weighted by atomic mass is 35.5. The average Bonchev–Trinajstić information content (AvgIpc) is 3.02. The third-order valence-electron chi connectivity index (χ3n) is 3.78. The molecule has 27 heavy (non-hydrogen) atoms. The lowest BCUT2D eigenvalue weighted by Gasteiger charge is -2.06. The minimum atomic E-state index is -0.452. The smallest absolute Gasteiger partial charge is 0.279 e. The highest BCUT2D eigenvalue weighted by Crippen LogP contribution is 2.32.